The van der Waals surface area contributed by atoms with E-state index in [1.807, 2.05) is 4.90 Å². The monoisotopic (exact) mass is 370 g/mol. The molecule has 2 heterocycles. The summed E-state index contributed by atoms with van der Waals surface area (Å²) in [6, 6.07) is 2.43. The highest BCUT2D eigenvalue weighted by molar-refractivity contribution is 7.07. The molecule has 134 valence electrons. The summed E-state index contributed by atoms with van der Waals surface area (Å²) in [5.41, 5.74) is 7.57. The van der Waals surface area contributed by atoms with Crippen LogP contribution < -0.4 is 5.73 Å². The third-order valence-corrected chi connectivity index (χ3v) is 6.76. The molecule has 0 aromatic carbocycles. The van der Waals surface area contributed by atoms with E-state index in [1.54, 1.807) is 11.3 Å². The first-order valence-corrected chi connectivity index (χ1v) is 9.84. The van der Waals surface area contributed by atoms with Crippen LogP contribution in [-0.4, -0.2) is 36.5 Å². The van der Waals surface area contributed by atoms with Gasteiger partial charge >= 0.3 is 0 Å². The van der Waals surface area contributed by atoms with Crippen molar-refractivity contribution in [2.75, 3.05) is 19.7 Å². The maximum atomic E-state index is 13.0. The second-order valence-electron chi connectivity index (χ2n) is 7.40. The number of thiophene rings is 1. The summed E-state index contributed by atoms with van der Waals surface area (Å²) in [4.78, 5) is 15.1. The molecule has 1 aromatic heterocycles. The molecule has 1 aliphatic heterocycles. The molecule has 2 saturated carbocycles. The highest BCUT2D eigenvalue weighted by Gasteiger charge is 2.42. The number of amides is 1. The molecule has 3 fully saturated rings. The van der Waals surface area contributed by atoms with Crippen molar-refractivity contribution in [3.05, 3.63) is 22.4 Å². The summed E-state index contributed by atoms with van der Waals surface area (Å²) in [5.74, 6) is 1.65. The number of carbonyl (C=O) groups excluding carboxylic acids is 1. The Bertz CT molecular complexity index is 539. The summed E-state index contributed by atoms with van der Waals surface area (Å²) in [6.45, 7) is 2.08. The molecule has 24 heavy (non-hydrogen) atoms. The van der Waals surface area contributed by atoms with Crippen LogP contribution >= 0.6 is 23.7 Å². The molecule has 1 aromatic rings. The van der Waals surface area contributed by atoms with E-state index in [9.17, 15) is 4.79 Å². The molecule has 4 nitrogen and oxygen atoms in total. The summed E-state index contributed by atoms with van der Waals surface area (Å²) in [7, 11) is 0. The van der Waals surface area contributed by atoms with Gasteiger partial charge in [0, 0.05) is 18.5 Å². The Morgan fingerprint density at radius 1 is 1.29 bits per heavy atom. The summed E-state index contributed by atoms with van der Waals surface area (Å²) >= 11 is 1.68. The maximum Gasteiger partial charge on any atom is 0.225 e. The summed E-state index contributed by atoms with van der Waals surface area (Å²) < 4.78 is 5.87. The van der Waals surface area contributed by atoms with Gasteiger partial charge < -0.3 is 15.4 Å². The number of morpholine rings is 1. The van der Waals surface area contributed by atoms with E-state index < -0.39 is 0 Å². The molecule has 6 heteroatoms. The lowest BCUT2D eigenvalue weighted by atomic mass is 9.65. The number of rotatable bonds is 2. The molecule has 4 rings (SSSR count). The molecule has 1 amide bonds. The normalized spacial score (nSPS) is 36.0. The highest BCUT2D eigenvalue weighted by Crippen LogP contribution is 2.42. The van der Waals surface area contributed by atoms with Gasteiger partial charge in [0.1, 0.15) is 6.10 Å². The minimum atomic E-state index is 0. The lowest BCUT2D eigenvalue weighted by molar-refractivity contribution is -0.146. The van der Waals surface area contributed by atoms with Gasteiger partial charge in [0.15, 0.2) is 0 Å². The number of halogens is 1. The fourth-order valence-electron chi connectivity index (χ4n) is 4.76. The third kappa shape index (κ3) is 3.50. The van der Waals surface area contributed by atoms with Crippen molar-refractivity contribution in [1.29, 1.82) is 0 Å². The van der Waals surface area contributed by atoms with E-state index in [1.165, 1.54) is 24.8 Å². The number of nitrogens with zero attached hydrogens (tertiary/aromatic N) is 1. The van der Waals surface area contributed by atoms with Gasteiger partial charge in [-0.15, -0.1) is 12.4 Å². The number of hydrogen-bond donors (Lipinski definition) is 1. The van der Waals surface area contributed by atoms with Crippen molar-refractivity contribution in [1.82, 2.24) is 4.90 Å². The topological polar surface area (TPSA) is 55.6 Å². The Labute approximate surface area is 154 Å². The quantitative estimate of drug-likeness (QED) is 0.869. The molecular formula is C18H27ClN2O2S. The van der Waals surface area contributed by atoms with E-state index in [0.29, 0.717) is 36.9 Å². The van der Waals surface area contributed by atoms with E-state index >= 15 is 0 Å². The zero-order valence-electron chi connectivity index (χ0n) is 13.9. The van der Waals surface area contributed by atoms with E-state index in [4.69, 9.17) is 10.5 Å². The molecule has 0 radical (unpaired) electrons. The molecule has 2 bridgehead atoms. The van der Waals surface area contributed by atoms with Crippen LogP contribution in [0.4, 0.5) is 0 Å². The smallest absolute Gasteiger partial charge is 0.225 e. The van der Waals surface area contributed by atoms with Gasteiger partial charge in [-0.05, 0) is 59.9 Å². The van der Waals surface area contributed by atoms with Crippen LogP contribution in [0.15, 0.2) is 16.8 Å². The zero-order chi connectivity index (χ0) is 15.8. The minimum absolute atomic E-state index is 0. The first kappa shape index (κ1) is 18.2. The number of carbonyl (C=O) groups is 1. The Morgan fingerprint density at radius 3 is 2.71 bits per heavy atom. The van der Waals surface area contributed by atoms with Crippen molar-refractivity contribution in [3.8, 4) is 0 Å². The second kappa shape index (κ2) is 7.73. The van der Waals surface area contributed by atoms with Crippen LogP contribution in [0.3, 0.4) is 0 Å². The van der Waals surface area contributed by atoms with Crippen LogP contribution in [0.1, 0.15) is 43.8 Å². The number of nitrogens with two attached hydrogens (primary N) is 1. The van der Waals surface area contributed by atoms with Crippen molar-refractivity contribution < 1.29 is 9.53 Å². The standard InChI is InChI=1S/C18H26N2O2S.ClH/c19-17-12-2-1-3-13(17)9-15(8-12)18(21)20-5-6-22-16(10-20)14-4-7-23-11-14;/h4,7,11-13,15-17H,1-3,5-6,8-10,19H2;1H. The van der Waals surface area contributed by atoms with Crippen molar-refractivity contribution in [3.63, 3.8) is 0 Å². The molecule has 2 N–H and O–H groups in total. The van der Waals surface area contributed by atoms with Crippen LogP contribution in [0.25, 0.3) is 0 Å². The first-order valence-electron chi connectivity index (χ1n) is 8.90. The highest BCUT2D eigenvalue weighted by atomic mass is 35.5. The second-order valence-corrected chi connectivity index (χ2v) is 8.18. The van der Waals surface area contributed by atoms with Crippen molar-refractivity contribution in [2.24, 2.45) is 23.5 Å². The van der Waals surface area contributed by atoms with Gasteiger partial charge in [0.25, 0.3) is 0 Å². The lowest BCUT2D eigenvalue weighted by Gasteiger charge is -2.45. The SMILES string of the molecule is Cl.NC1C2CCCC1CC(C(=O)N1CCOC(c3ccsc3)C1)C2. The number of fused-ring (bicyclic) bond motifs is 2. The lowest BCUT2D eigenvalue weighted by Crippen LogP contribution is -2.51. The molecule has 3 aliphatic rings. The van der Waals surface area contributed by atoms with E-state index in [-0.39, 0.29) is 24.4 Å². The van der Waals surface area contributed by atoms with Crippen LogP contribution in [0, 0.1) is 17.8 Å². The number of ether oxygens (including phenoxy) is 1. The van der Waals surface area contributed by atoms with Gasteiger partial charge in [-0.1, -0.05) is 6.42 Å². The molecular weight excluding hydrogens is 344 g/mol. The van der Waals surface area contributed by atoms with Gasteiger partial charge in [-0.3, -0.25) is 4.79 Å². The van der Waals surface area contributed by atoms with Crippen LogP contribution in [-0.2, 0) is 9.53 Å². The van der Waals surface area contributed by atoms with Crippen LogP contribution in [0.5, 0.6) is 0 Å². The molecule has 3 atom stereocenters. The Kier molecular flexibility index (Phi) is 5.85. The van der Waals surface area contributed by atoms with E-state index in [2.05, 4.69) is 16.8 Å². The average Bonchev–Trinajstić information content (AvgIpc) is 3.08. The predicted octanol–water partition coefficient (Wildman–Crippen LogP) is 3.22. The van der Waals surface area contributed by atoms with Crippen molar-refractivity contribution >= 4 is 29.7 Å². The molecule has 0 spiro atoms. The average molecular weight is 371 g/mol. The molecule has 3 unspecified atom stereocenters. The first-order chi connectivity index (χ1) is 11.2. The zero-order valence-corrected chi connectivity index (χ0v) is 15.6. The van der Waals surface area contributed by atoms with Gasteiger partial charge in [-0.25, -0.2) is 0 Å². The van der Waals surface area contributed by atoms with Gasteiger partial charge in [0.2, 0.25) is 5.91 Å². The largest absolute Gasteiger partial charge is 0.370 e. The maximum absolute atomic E-state index is 13.0. The fourth-order valence-corrected chi connectivity index (χ4v) is 5.46. The summed E-state index contributed by atoms with van der Waals surface area (Å²) in [5, 5.41) is 4.20. The molecule has 2 aliphatic carbocycles. The number of hydrogen-bond acceptors (Lipinski definition) is 4. The Morgan fingerprint density at radius 2 is 2.04 bits per heavy atom. The van der Waals surface area contributed by atoms with Gasteiger partial charge in [0.05, 0.1) is 13.2 Å². The minimum Gasteiger partial charge on any atom is -0.370 e. The van der Waals surface area contributed by atoms with Gasteiger partial charge in [-0.2, -0.15) is 11.3 Å². The van der Waals surface area contributed by atoms with Crippen molar-refractivity contribution in [2.45, 2.75) is 44.2 Å². The third-order valence-electron chi connectivity index (χ3n) is 6.06. The Hall–Kier alpha value is -0.620. The predicted molar refractivity (Wildman–Crippen MR) is 98.4 cm³/mol. The fraction of sp³-hybridized carbons (Fsp3) is 0.722. The van der Waals surface area contributed by atoms with Crippen LogP contribution in [0.2, 0.25) is 0 Å². The molecule has 1 saturated heterocycles. The Balaban J connectivity index is 0.00000169. The van der Waals surface area contributed by atoms with E-state index in [0.717, 1.165) is 19.4 Å². The summed E-state index contributed by atoms with van der Waals surface area (Å²) in [6.07, 6.45) is 5.75.